The Morgan fingerprint density at radius 3 is 2.73 bits per heavy atom. The van der Waals surface area contributed by atoms with Gasteiger partial charge in [0.05, 0.1) is 12.9 Å². The van der Waals surface area contributed by atoms with Crippen LogP contribution in [0.25, 0.3) is 11.0 Å². The molecule has 3 aromatic rings. The van der Waals surface area contributed by atoms with E-state index in [1.54, 1.807) is 17.8 Å². The molecule has 0 bridgehead atoms. The number of rotatable bonds is 6. The minimum Gasteiger partial charge on any atom is -0.493 e. The summed E-state index contributed by atoms with van der Waals surface area (Å²) in [5.74, 6) is 1.57. The van der Waals surface area contributed by atoms with E-state index in [9.17, 15) is 4.79 Å². The smallest absolute Gasteiger partial charge is 0.196 e. The Bertz CT molecular complexity index is 791. The van der Waals surface area contributed by atoms with Gasteiger partial charge in [-0.3, -0.25) is 4.79 Å². The zero-order valence-electron chi connectivity index (χ0n) is 12.0. The zero-order chi connectivity index (χ0) is 15.2. The quantitative estimate of drug-likeness (QED) is 0.501. The largest absolute Gasteiger partial charge is 0.493 e. The molecule has 0 amide bonds. The van der Waals surface area contributed by atoms with Crippen LogP contribution in [0.4, 0.5) is 0 Å². The Morgan fingerprint density at radius 2 is 1.86 bits per heavy atom. The third kappa shape index (κ3) is 3.52. The van der Waals surface area contributed by atoms with Crippen LogP contribution in [0.2, 0.25) is 0 Å². The molecule has 3 rings (SSSR count). The molecule has 0 unspecified atom stereocenters. The number of ether oxygens (including phenoxy) is 1. The Balaban J connectivity index is 1.57. The van der Waals surface area contributed by atoms with Crippen LogP contribution in [0.1, 0.15) is 6.42 Å². The summed E-state index contributed by atoms with van der Waals surface area (Å²) < 4.78 is 11.1. The summed E-state index contributed by atoms with van der Waals surface area (Å²) in [7, 11) is 0. The van der Waals surface area contributed by atoms with Crippen molar-refractivity contribution in [2.45, 2.75) is 11.3 Å². The molecule has 0 aliphatic carbocycles. The standard InChI is InChI=1S/C18H16O3S/c19-15-10-12-21-17-9-4-8-16(18(15)17)20-11-5-13-22-14-6-2-1-3-7-14/h1-4,6-10,12H,5,11,13H2. The van der Waals surface area contributed by atoms with Gasteiger partial charge in [-0.2, -0.15) is 0 Å². The molecule has 3 nitrogen and oxygen atoms in total. The van der Waals surface area contributed by atoms with Crippen molar-refractivity contribution in [3.63, 3.8) is 0 Å². The first-order valence-electron chi connectivity index (χ1n) is 7.16. The lowest BCUT2D eigenvalue weighted by Gasteiger charge is -2.08. The zero-order valence-corrected chi connectivity index (χ0v) is 12.8. The van der Waals surface area contributed by atoms with E-state index in [1.165, 1.54) is 17.2 Å². The molecule has 0 aliphatic rings. The van der Waals surface area contributed by atoms with Gasteiger partial charge in [-0.1, -0.05) is 24.3 Å². The molecular formula is C18H16O3S. The summed E-state index contributed by atoms with van der Waals surface area (Å²) in [5, 5.41) is 0.515. The number of hydrogen-bond acceptors (Lipinski definition) is 4. The molecule has 0 saturated carbocycles. The minimum absolute atomic E-state index is 0.0736. The normalized spacial score (nSPS) is 10.7. The van der Waals surface area contributed by atoms with Crippen molar-refractivity contribution in [3.05, 3.63) is 71.1 Å². The van der Waals surface area contributed by atoms with Crippen LogP contribution in [0.5, 0.6) is 5.75 Å². The van der Waals surface area contributed by atoms with E-state index >= 15 is 0 Å². The van der Waals surface area contributed by atoms with Gasteiger partial charge < -0.3 is 9.15 Å². The van der Waals surface area contributed by atoms with Gasteiger partial charge in [0, 0.05) is 16.7 Å². The maximum absolute atomic E-state index is 11.9. The lowest BCUT2D eigenvalue weighted by molar-refractivity contribution is 0.322. The summed E-state index contributed by atoms with van der Waals surface area (Å²) in [4.78, 5) is 13.2. The van der Waals surface area contributed by atoms with Gasteiger partial charge >= 0.3 is 0 Å². The van der Waals surface area contributed by atoms with E-state index in [1.807, 2.05) is 30.3 Å². The fourth-order valence-electron chi connectivity index (χ4n) is 2.17. The Kier molecular flexibility index (Phi) is 4.81. The second-order valence-corrected chi connectivity index (χ2v) is 5.95. The summed E-state index contributed by atoms with van der Waals surface area (Å²) in [6.45, 7) is 0.577. The van der Waals surface area contributed by atoms with E-state index in [2.05, 4.69) is 12.1 Å². The van der Waals surface area contributed by atoms with Crippen molar-refractivity contribution in [2.75, 3.05) is 12.4 Å². The van der Waals surface area contributed by atoms with Crippen LogP contribution in [0.15, 0.2) is 75.0 Å². The van der Waals surface area contributed by atoms with Crippen LogP contribution >= 0.6 is 11.8 Å². The van der Waals surface area contributed by atoms with Gasteiger partial charge in [-0.15, -0.1) is 11.8 Å². The molecule has 0 radical (unpaired) electrons. The second-order valence-electron chi connectivity index (χ2n) is 4.78. The van der Waals surface area contributed by atoms with Crippen molar-refractivity contribution in [1.82, 2.24) is 0 Å². The van der Waals surface area contributed by atoms with Gasteiger partial charge in [0.25, 0.3) is 0 Å². The van der Waals surface area contributed by atoms with E-state index in [0.29, 0.717) is 23.3 Å². The fraction of sp³-hybridized carbons (Fsp3) is 0.167. The SMILES string of the molecule is O=c1ccoc2cccc(OCCCSc3ccccc3)c12. The molecule has 0 saturated heterocycles. The molecule has 22 heavy (non-hydrogen) atoms. The topological polar surface area (TPSA) is 39.4 Å². The van der Waals surface area contributed by atoms with E-state index in [-0.39, 0.29) is 5.43 Å². The van der Waals surface area contributed by atoms with Gasteiger partial charge in [-0.25, -0.2) is 0 Å². The molecule has 0 fully saturated rings. The summed E-state index contributed by atoms with van der Waals surface area (Å²) in [6, 6.07) is 17.1. The molecule has 2 aromatic carbocycles. The Morgan fingerprint density at radius 1 is 1.00 bits per heavy atom. The van der Waals surface area contributed by atoms with E-state index in [4.69, 9.17) is 9.15 Å². The monoisotopic (exact) mass is 312 g/mol. The van der Waals surface area contributed by atoms with Crippen molar-refractivity contribution >= 4 is 22.7 Å². The molecule has 0 atom stereocenters. The summed E-state index contributed by atoms with van der Waals surface area (Å²) in [5.41, 5.74) is 0.485. The predicted octanol–water partition coefficient (Wildman–Crippen LogP) is 4.35. The van der Waals surface area contributed by atoms with Crippen molar-refractivity contribution in [1.29, 1.82) is 0 Å². The molecule has 0 spiro atoms. The number of thioether (sulfide) groups is 1. The molecule has 112 valence electrons. The number of fused-ring (bicyclic) bond motifs is 1. The third-order valence-electron chi connectivity index (χ3n) is 3.21. The predicted molar refractivity (Wildman–Crippen MR) is 89.8 cm³/mol. The van der Waals surface area contributed by atoms with Crippen molar-refractivity contribution < 1.29 is 9.15 Å². The Hall–Kier alpha value is -2.20. The Labute approximate surface area is 132 Å². The first-order chi connectivity index (χ1) is 10.8. The van der Waals surface area contributed by atoms with Gasteiger partial charge in [0.15, 0.2) is 5.43 Å². The highest BCUT2D eigenvalue weighted by Crippen LogP contribution is 2.23. The van der Waals surface area contributed by atoms with Crippen LogP contribution in [0, 0.1) is 0 Å². The molecular weight excluding hydrogens is 296 g/mol. The maximum atomic E-state index is 11.9. The van der Waals surface area contributed by atoms with Crippen LogP contribution in [0.3, 0.4) is 0 Å². The summed E-state index contributed by atoms with van der Waals surface area (Å²) >= 11 is 1.80. The van der Waals surface area contributed by atoms with Crippen molar-refractivity contribution in [3.8, 4) is 5.75 Å². The maximum Gasteiger partial charge on any atom is 0.196 e. The first-order valence-corrected chi connectivity index (χ1v) is 8.14. The highest BCUT2D eigenvalue weighted by molar-refractivity contribution is 7.99. The lowest BCUT2D eigenvalue weighted by atomic mass is 10.2. The highest BCUT2D eigenvalue weighted by atomic mass is 32.2. The van der Waals surface area contributed by atoms with Crippen LogP contribution in [-0.2, 0) is 0 Å². The average molecular weight is 312 g/mol. The second kappa shape index (κ2) is 7.18. The van der Waals surface area contributed by atoms with E-state index < -0.39 is 0 Å². The van der Waals surface area contributed by atoms with Gasteiger partial charge in [-0.05, 0) is 30.7 Å². The van der Waals surface area contributed by atoms with Gasteiger partial charge in [0.1, 0.15) is 16.7 Å². The molecule has 0 N–H and O–H groups in total. The minimum atomic E-state index is -0.0736. The fourth-order valence-corrected chi connectivity index (χ4v) is 3.02. The third-order valence-corrected chi connectivity index (χ3v) is 4.31. The molecule has 4 heteroatoms. The molecule has 1 aromatic heterocycles. The lowest BCUT2D eigenvalue weighted by Crippen LogP contribution is -2.04. The van der Waals surface area contributed by atoms with E-state index in [0.717, 1.165) is 12.2 Å². The molecule has 0 aliphatic heterocycles. The average Bonchev–Trinajstić information content (AvgIpc) is 2.56. The number of hydrogen-bond donors (Lipinski definition) is 0. The number of benzene rings is 2. The van der Waals surface area contributed by atoms with Crippen LogP contribution < -0.4 is 10.2 Å². The molecule has 1 heterocycles. The highest BCUT2D eigenvalue weighted by Gasteiger charge is 2.07. The van der Waals surface area contributed by atoms with Gasteiger partial charge in [0.2, 0.25) is 0 Å². The van der Waals surface area contributed by atoms with Crippen LogP contribution in [-0.4, -0.2) is 12.4 Å². The summed E-state index contributed by atoms with van der Waals surface area (Å²) in [6.07, 6.45) is 2.32. The van der Waals surface area contributed by atoms with Crippen molar-refractivity contribution in [2.24, 2.45) is 0 Å². The first kappa shape index (κ1) is 14.7.